The SMILES string of the molecule is CCc1coc(CN(C)c2nc3c(c(=O)n(C)c(=O)n3C)n2Cc2cccc(Cl)c2)n1. The van der Waals surface area contributed by atoms with E-state index in [0.29, 0.717) is 41.1 Å². The van der Waals surface area contributed by atoms with E-state index in [2.05, 4.69) is 9.97 Å². The Balaban J connectivity index is 1.88. The maximum atomic E-state index is 13.0. The van der Waals surface area contributed by atoms with Gasteiger partial charge in [-0.2, -0.15) is 4.98 Å². The van der Waals surface area contributed by atoms with E-state index in [-0.39, 0.29) is 0 Å². The molecule has 0 spiro atoms. The second-order valence-electron chi connectivity index (χ2n) is 7.45. The molecule has 10 heteroatoms. The number of hydrogen-bond acceptors (Lipinski definition) is 6. The summed E-state index contributed by atoms with van der Waals surface area (Å²) in [5, 5.41) is 0.601. The summed E-state index contributed by atoms with van der Waals surface area (Å²) in [6.07, 6.45) is 2.41. The lowest BCUT2D eigenvalue weighted by molar-refractivity contribution is 0.490. The first-order valence-corrected chi connectivity index (χ1v) is 10.2. The zero-order valence-electron chi connectivity index (χ0n) is 17.8. The number of aromatic nitrogens is 5. The Morgan fingerprint density at radius 1 is 1.16 bits per heavy atom. The topological polar surface area (TPSA) is 91.1 Å². The van der Waals surface area contributed by atoms with Gasteiger partial charge in [-0.25, -0.2) is 9.78 Å². The van der Waals surface area contributed by atoms with Crippen molar-refractivity contribution in [2.75, 3.05) is 11.9 Å². The maximum Gasteiger partial charge on any atom is 0.332 e. The number of rotatable bonds is 6. The number of aryl methyl sites for hydroxylation is 2. The lowest BCUT2D eigenvalue weighted by Gasteiger charge is -2.18. The molecule has 0 saturated heterocycles. The summed E-state index contributed by atoms with van der Waals surface area (Å²) < 4.78 is 9.82. The van der Waals surface area contributed by atoms with Gasteiger partial charge in [0.1, 0.15) is 6.26 Å². The minimum Gasteiger partial charge on any atom is -0.447 e. The standard InChI is InChI=1S/C21H23ClN6O3/c1-5-15-12-31-16(23-15)11-25(2)20-24-18-17(19(29)27(4)21(30)26(18)3)28(20)10-13-7-6-8-14(22)9-13/h6-9,12H,5,10-11H2,1-4H3. The molecule has 31 heavy (non-hydrogen) atoms. The fraction of sp³-hybridized carbons (Fsp3) is 0.333. The van der Waals surface area contributed by atoms with E-state index in [0.717, 1.165) is 22.2 Å². The smallest absolute Gasteiger partial charge is 0.332 e. The second-order valence-corrected chi connectivity index (χ2v) is 7.88. The number of imidazole rings is 1. The Morgan fingerprint density at radius 2 is 1.94 bits per heavy atom. The van der Waals surface area contributed by atoms with Crippen LogP contribution in [0.1, 0.15) is 24.1 Å². The molecular weight excluding hydrogens is 420 g/mol. The van der Waals surface area contributed by atoms with Crippen LogP contribution in [0.15, 0.2) is 44.5 Å². The summed E-state index contributed by atoms with van der Waals surface area (Å²) in [6.45, 7) is 2.72. The zero-order chi connectivity index (χ0) is 22.3. The second kappa shape index (κ2) is 8.07. The Morgan fingerprint density at radius 3 is 2.61 bits per heavy atom. The highest BCUT2D eigenvalue weighted by Gasteiger charge is 2.22. The third kappa shape index (κ3) is 3.76. The van der Waals surface area contributed by atoms with Crippen molar-refractivity contribution in [3.63, 3.8) is 0 Å². The van der Waals surface area contributed by atoms with Crippen molar-refractivity contribution in [1.29, 1.82) is 0 Å². The van der Waals surface area contributed by atoms with Crippen LogP contribution in [-0.4, -0.2) is 30.7 Å². The molecule has 0 aliphatic heterocycles. The molecule has 4 aromatic rings. The van der Waals surface area contributed by atoms with Gasteiger partial charge in [-0.1, -0.05) is 30.7 Å². The predicted molar refractivity (Wildman–Crippen MR) is 119 cm³/mol. The molecule has 0 N–H and O–H groups in total. The maximum absolute atomic E-state index is 13.0. The molecule has 0 saturated carbocycles. The minimum absolute atomic E-state index is 0.318. The molecule has 0 fully saturated rings. The Hall–Kier alpha value is -3.33. The number of oxazole rings is 1. The summed E-state index contributed by atoms with van der Waals surface area (Å²) in [5.74, 6) is 1.06. The molecule has 0 aliphatic rings. The van der Waals surface area contributed by atoms with E-state index in [1.165, 1.54) is 11.6 Å². The first-order chi connectivity index (χ1) is 14.8. The molecule has 0 bridgehead atoms. The first-order valence-electron chi connectivity index (χ1n) is 9.85. The highest BCUT2D eigenvalue weighted by Crippen LogP contribution is 2.23. The molecule has 0 amide bonds. The molecule has 0 aliphatic carbocycles. The molecule has 1 aromatic carbocycles. The van der Waals surface area contributed by atoms with E-state index >= 15 is 0 Å². The number of benzene rings is 1. The van der Waals surface area contributed by atoms with Crippen molar-refractivity contribution in [2.24, 2.45) is 14.1 Å². The number of hydrogen-bond donors (Lipinski definition) is 0. The summed E-state index contributed by atoms with van der Waals surface area (Å²) in [6, 6.07) is 7.41. The molecule has 3 aromatic heterocycles. The highest BCUT2D eigenvalue weighted by atomic mass is 35.5. The van der Waals surface area contributed by atoms with Crippen molar-refractivity contribution in [2.45, 2.75) is 26.4 Å². The summed E-state index contributed by atoms with van der Waals surface area (Å²) >= 11 is 6.16. The fourth-order valence-electron chi connectivity index (χ4n) is 3.55. The van der Waals surface area contributed by atoms with Crippen LogP contribution < -0.4 is 16.1 Å². The van der Waals surface area contributed by atoms with Gasteiger partial charge in [-0.3, -0.25) is 18.5 Å². The van der Waals surface area contributed by atoms with Crippen molar-refractivity contribution < 1.29 is 4.42 Å². The average molecular weight is 443 g/mol. The Bertz CT molecular complexity index is 1380. The molecule has 162 valence electrons. The van der Waals surface area contributed by atoms with Gasteiger partial charge in [0.25, 0.3) is 5.56 Å². The largest absolute Gasteiger partial charge is 0.447 e. The minimum atomic E-state index is -0.431. The monoisotopic (exact) mass is 442 g/mol. The van der Waals surface area contributed by atoms with Crippen LogP contribution in [0.3, 0.4) is 0 Å². The van der Waals surface area contributed by atoms with E-state index in [1.807, 2.05) is 37.1 Å². The number of nitrogens with zero attached hydrogens (tertiary/aromatic N) is 6. The molecule has 0 unspecified atom stereocenters. The molecule has 0 radical (unpaired) electrons. The van der Waals surface area contributed by atoms with Crippen molar-refractivity contribution >= 4 is 28.7 Å². The zero-order valence-corrected chi connectivity index (χ0v) is 18.5. The van der Waals surface area contributed by atoms with Crippen molar-refractivity contribution in [3.05, 3.63) is 73.5 Å². The molecule has 9 nitrogen and oxygen atoms in total. The average Bonchev–Trinajstić information content (AvgIpc) is 3.35. The summed E-state index contributed by atoms with van der Waals surface area (Å²) in [4.78, 5) is 36.4. The van der Waals surface area contributed by atoms with Crippen LogP contribution in [0.25, 0.3) is 11.2 Å². The third-order valence-electron chi connectivity index (χ3n) is 5.23. The predicted octanol–water partition coefficient (Wildman–Crippen LogP) is 2.32. The number of fused-ring (bicyclic) bond motifs is 1. The lowest BCUT2D eigenvalue weighted by Crippen LogP contribution is -2.37. The van der Waals surface area contributed by atoms with Crippen LogP contribution in [0, 0.1) is 0 Å². The van der Waals surface area contributed by atoms with Gasteiger partial charge >= 0.3 is 5.69 Å². The van der Waals surface area contributed by atoms with E-state index in [1.54, 1.807) is 23.9 Å². The molecular formula is C21H23ClN6O3. The van der Waals surface area contributed by atoms with Crippen molar-refractivity contribution in [1.82, 2.24) is 23.7 Å². The van der Waals surface area contributed by atoms with Gasteiger partial charge in [0.15, 0.2) is 11.2 Å². The van der Waals surface area contributed by atoms with Crippen LogP contribution in [0.5, 0.6) is 0 Å². The van der Waals surface area contributed by atoms with Gasteiger partial charge < -0.3 is 9.32 Å². The van der Waals surface area contributed by atoms with Crippen LogP contribution in [0.2, 0.25) is 5.02 Å². The van der Waals surface area contributed by atoms with E-state index in [4.69, 9.17) is 16.0 Å². The molecule has 4 rings (SSSR count). The van der Waals surface area contributed by atoms with Gasteiger partial charge in [0.05, 0.1) is 18.8 Å². The van der Waals surface area contributed by atoms with E-state index < -0.39 is 11.2 Å². The van der Waals surface area contributed by atoms with Gasteiger partial charge in [-0.05, 0) is 24.1 Å². The Kier molecular flexibility index (Phi) is 5.45. The third-order valence-corrected chi connectivity index (χ3v) is 5.47. The summed E-state index contributed by atoms with van der Waals surface area (Å²) in [5.41, 5.74) is 1.59. The van der Waals surface area contributed by atoms with Gasteiger partial charge in [0, 0.05) is 26.2 Å². The lowest BCUT2D eigenvalue weighted by atomic mass is 10.2. The molecule has 0 atom stereocenters. The highest BCUT2D eigenvalue weighted by molar-refractivity contribution is 6.30. The normalized spacial score (nSPS) is 11.4. The summed E-state index contributed by atoms with van der Waals surface area (Å²) in [7, 11) is 4.91. The van der Waals surface area contributed by atoms with Crippen LogP contribution in [0.4, 0.5) is 5.95 Å². The number of anilines is 1. The van der Waals surface area contributed by atoms with Gasteiger partial charge in [0.2, 0.25) is 11.8 Å². The van der Waals surface area contributed by atoms with Gasteiger partial charge in [-0.15, -0.1) is 0 Å². The first kappa shape index (κ1) is 20.9. The van der Waals surface area contributed by atoms with Crippen LogP contribution >= 0.6 is 11.6 Å². The van der Waals surface area contributed by atoms with E-state index in [9.17, 15) is 9.59 Å². The fourth-order valence-corrected chi connectivity index (χ4v) is 3.76. The van der Waals surface area contributed by atoms with Crippen molar-refractivity contribution in [3.8, 4) is 0 Å². The molecule has 3 heterocycles. The quantitative estimate of drug-likeness (QED) is 0.455. The Labute approximate surface area is 183 Å². The van der Waals surface area contributed by atoms with Crippen LogP contribution in [-0.2, 0) is 33.6 Å². The number of halogens is 1.